The number of primary amides is 3. The quantitative estimate of drug-likeness (QED) is 0.0476. The number of nitrogens with zero attached hydrogens (tertiary/aromatic N) is 12. The Hall–Kier alpha value is -1.76. The van der Waals surface area contributed by atoms with E-state index in [1.807, 2.05) is 24.3 Å². The van der Waals surface area contributed by atoms with Crippen molar-refractivity contribution in [1.82, 2.24) is 42.3 Å². The number of sulfonamides is 5. The molecule has 6 saturated heterocycles. The number of carbonyl (C=O) groups is 3. The van der Waals surface area contributed by atoms with Crippen molar-refractivity contribution in [3.05, 3.63) is 24.3 Å². The number of fused-ring (bicyclic) bond motifs is 1. The SMILES string of the molecule is C.C.C.C.C.CC#N.CC#N.N#CC1CCN(S(=O)(=O)C2CC2)CC1.N#CC1CCN(S(=O)(=O)C2CC2)CC1.N#CC1CCN(S(=O)(=O)CCCCl)CC1.NC(=O)C1CCN(S(=O)(=O)C2CC2)CC1.NC(=O)C1CCN(S(=O)(=O)CCCCl)CC1.NC(=O)C1CCNCC1.O=S(=O)(Cl)CCCCl.[Ba+2].[Ba+2].[H-].[H-].[H-].[H-].c1ccc2n[nH]nc2c1. The third-order valence-electron chi connectivity index (χ3n) is 17.9. The summed E-state index contributed by atoms with van der Waals surface area (Å²) in [6.45, 7) is 9.52. The molecule has 3 saturated carbocycles. The van der Waals surface area contributed by atoms with Crippen molar-refractivity contribution >= 4 is 231 Å². The number of halogens is 4. The van der Waals surface area contributed by atoms with Gasteiger partial charge in [-0.3, -0.25) is 14.4 Å². The van der Waals surface area contributed by atoms with Crippen LogP contribution in [0.5, 0.6) is 0 Å². The Morgan fingerprint density at radius 1 is 0.425 bits per heavy atom. The predicted octanol–water partition coefficient (Wildman–Crippen LogP) is 7.97. The molecule has 113 heavy (non-hydrogen) atoms. The Kier molecular flexibility index (Phi) is 69.3. The third-order valence-corrected chi connectivity index (χ3v) is 31.0. The standard InChI is InChI=1S/C9H17ClN2O3S.C9H15ClN2O2S.C9H16N2O3S.2C9H14N2O2S.C6H5N3.C6H12N2O.C3H6Cl2O2S.2C2H3N.5CH4.2Ba.4H/c10-4-1-7-16(14,15)12-5-2-8(3-6-12)9(11)13;10-4-1-7-15(13,14)12-5-2-9(8-11)3-6-12;10-9(12)7-3-5-11(6-4-7)15(13,14)8-1-2-8;2*10-7-8-3-5-11(6-4-8)14(12,13)9-1-2-9;1-2-4-6-5(3-1)7-9-8-6;7-6(9)5-1-3-8-4-2-5;4-2-1-3-8(5,6)7;2*1-2-3;;;;;;;;;;;/h8H,1-7H2,(H2,11,13);9H,1-7H2;7-8H,1-6H2,(H2,10,12);2*8-9H,1-6H2;1-4H,(H,7,8,9);5,8H,1-4H2,(H2,7,9);1-3H2;2*1H3;5*1H4;;;;;;/q;;;;;;;;;;;;;;;2*+2;4*-1. The van der Waals surface area contributed by atoms with E-state index in [0.717, 1.165) is 75.5 Å². The van der Waals surface area contributed by atoms with Gasteiger partial charge in [-0.1, -0.05) is 49.3 Å². The van der Waals surface area contributed by atoms with Crippen LogP contribution in [0, 0.1) is 92.2 Å². The molecule has 11 rings (SSSR count). The minimum atomic E-state index is -3.30. The molecular formula is C69H129Ba2Cl4N17O15S6. The number of aromatic nitrogens is 3. The molecule has 9 fully saturated rings. The van der Waals surface area contributed by atoms with Crippen molar-refractivity contribution in [2.75, 3.05) is 113 Å². The molecule has 6 aliphatic heterocycles. The normalized spacial score (nSPS) is 18.8. The van der Waals surface area contributed by atoms with Gasteiger partial charge in [0.2, 0.25) is 76.9 Å². The second kappa shape index (κ2) is 64.1. The van der Waals surface area contributed by atoms with Crippen LogP contribution >= 0.6 is 45.5 Å². The summed E-state index contributed by atoms with van der Waals surface area (Å²) in [6, 6.07) is 17.8. The van der Waals surface area contributed by atoms with Crippen molar-refractivity contribution in [3.63, 3.8) is 0 Å². The van der Waals surface area contributed by atoms with Gasteiger partial charge in [0.1, 0.15) is 11.0 Å². The maximum absolute atomic E-state index is 11.8. The molecule has 9 aliphatic rings. The first-order chi connectivity index (χ1) is 50.0. The molecule has 0 bridgehead atoms. The van der Waals surface area contributed by atoms with E-state index in [4.69, 9.17) is 89.0 Å². The second-order valence-electron chi connectivity index (χ2n) is 26.0. The molecule has 3 aliphatic carbocycles. The minimum Gasteiger partial charge on any atom is -1.00 e. The minimum absolute atomic E-state index is 0. The van der Waals surface area contributed by atoms with Crippen LogP contribution in [-0.4, -0.2) is 332 Å². The number of H-pyrrole nitrogens is 1. The molecule has 8 N–H and O–H groups in total. The molecule has 0 spiro atoms. The van der Waals surface area contributed by atoms with Crippen LogP contribution in [0.3, 0.4) is 0 Å². The first kappa shape index (κ1) is 122. The van der Waals surface area contributed by atoms with Gasteiger partial charge in [0.05, 0.1) is 63.4 Å². The molecule has 0 unspecified atom stereocenters. The van der Waals surface area contributed by atoms with Crippen molar-refractivity contribution < 1.29 is 70.6 Å². The summed E-state index contributed by atoms with van der Waals surface area (Å²) in [6.07, 6.45) is 14.3. The smallest absolute Gasteiger partial charge is 1.00 e. The Morgan fingerprint density at radius 3 is 0.867 bits per heavy atom. The summed E-state index contributed by atoms with van der Waals surface area (Å²) < 4.78 is 146. The summed E-state index contributed by atoms with van der Waals surface area (Å²) in [5.41, 5.74) is 17.3. The van der Waals surface area contributed by atoms with Gasteiger partial charge in [-0.25, -0.2) is 72.0 Å². The zero-order valence-electron chi connectivity index (χ0n) is 65.7. The number of piperidine rings is 6. The fourth-order valence-corrected chi connectivity index (χ4v) is 21.5. The van der Waals surface area contributed by atoms with Gasteiger partial charge in [0.25, 0.3) is 0 Å². The van der Waals surface area contributed by atoms with Crippen molar-refractivity contribution in [3.8, 4) is 30.3 Å². The number of hydrogen-bond acceptors (Lipinski definition) is 23. The Balaban J connectivity index is -0.000000138. The predicted molar refractivity (Wildman–Crippen MR) is 457 cm³/mol. The summed E-state index contributed by atoms with van der Waals surface area (Å²) in [5.74, 6) is 0.375. The van der Waals surface area contributed by atoms with Crippen LogP contribution in [0.2, 0.25) is 0 Å². The van der Waals surface area contributed by atoms with E-state index in [0.29, 0.717) is 167 Å². The van der Waals surface area contributed by atoms with E-state index in [-0.39, 0.29) is 227 Å². The van der Waals surface area contributed by atoms with Gasteiger partial charge >= 0.3 is 97.8 Å². The van der Waals surface area contributed by atoms with Crippen LogP contribution in [-0.2, 0) is 73.6 Å². The van der Waals surface area contributed by atoms with Crippen LogP contribution in [0.1, 0.15) is 192 Å². The van der Waals surface area contributed by atoms with E-state index in [1.54, 1.807) is 20.7 Å². The van der Waals surface area contributed by atoms with E-state index < -0.39 is 59.2 Å². The number of nitrogens with two attached hydrogens (primary N) is 3. The zero-order chi connectivity index (χ0) is 79.7. The van der Waals surface area contributed by atoms with E-state index in [9.17, 15) is 64.9 Å². The topological polar surface area (TPSA) is 523 Å². The van der Waals surface area contributed by atoms with Gasteiger partial charge in [-0.2, -0.15) is 41.7 Å². The number of nitriles is 5. The van der Waals surface area contributed by atoms with E-state index in [1.165, 1.54) is 26.8 Å². The number of para-hydroxylation sites is 2. The third kappa shape index (κ3) is 48.5. The van der Waals surface area contributed by atoms with Crippen molar-refractivity contribution in [2.24, 2.45) is 52.7 Å². The van der Waals surface area contributed by atoms with E-state index >= 15 is 0 Å². The first-order valence-corrected chi connectivity index (χ1v) is 47.0. The Morgan fingerprint density at radius 2 is 0.655 bits per heavy atom. The average Bonchev–Trinajstić information content (AvgIpc) is 1.66. The molecule has 0 atom stereocenters. The van der Waals surface area contributed by atoms with Gasteiger partial charge in [0.15, 0.2) is 0 Å². The number of amides is 3. The van der Waals surface area contributed by atoms with Crippen LogP contribution in [0.4, 0.5) is 0 Å². The number of carbonyl (C=O) groups excluding carboxylic acids is 3. The fraction of sp³-hybridized carbons (Fsp3) is 0.797. The maximum atomic E-state index is 11.8. The molecule has 7 heterocycles. The number of rotatable bonds is 20. The molecule has 32 nitrogen and oxygen atoms in total. The number of hydrogen-bond donors (Lipinski definition) is 5. The number of nitrogens with one attached hydrogen (secondary N) is 2. The van der Waals surface area contributed by atoms with Crippen molar-refractivity contribution in [1.29, 1.82) is 26.3 Å². The van der Waals surface area contributed by atoms with Gasteiger partial charge in [-0.05, 0) is 160 Å². The number of aromatic amines is 1. The molecule has 3 amide bonds. The Bertz CT molecular complexity index is 3840. The average molecular weight is 2050 g/mol. The summed E-state index contributed by atoms with van der Waals surface area (Å²) in [7, 11) is -13.9. The molecule has 2 aromatic rings. The van der Waals surface area contributed by atoms with Crippen molar-refractivity contribution in [2.45, 2.75) is 202 Å². The zero-order valence-corrected chi connectivity index (χ0v) is 78.5. The van der Waals surface area contributed by atoms with Gasteiger partial charge in [0, 0.05) is 143 Å². The number of benzene rings is 1. The summed E-state index contributed by atoms with van der Waals surface area (Å²) >= 11 is 16.1. The summed E-state index contributed by atoms with van der Waals surface area (Å²) in [4.78, 5) is 32.4. The molecule has 0 radical (unpaired) electrons. The fourth-order valence-electron chi connectivity index (χ4n) is 11.1. The number of alkyl halides is 3. The maximum Gasteiger partial charge on any atom is 2.00 e. The Labute approximate surface area is 783 Å². The van der Waals surface area contributed by atoms with E-state index in [2.05, 4.69) is 38.9 Å². The first-order valence-electron chi connectivity index (χ1n) is 35.2. The van der Waals surface area contributed by atoms with Crippen LogP contribution in [0.25, 0.3) is 11.0 Å². The van der Waals surface area contributed by atoms with Crippen LogP contribution in [0.15, 0.2) is 24.3 Å². The molecule has 1 aromatic heterocycles. The summed E-state index contributed by atoms with van der Waals surface area (Å²) in [5, 5.41) is 53.8. The molecule has 1 aromatic carbocycles. The largest absolute Gasteiger partial charge is 2.00 e. The molecule has 648 valence electrons. The van der Waals surface area contributed by atoms with Crippen LogP contribution < -0.4 is 22.5 Å². The van der Waals surface area contributed by atoms with Gasteiger partial charge in [-0.15, -0.1) is 34.8 Å². The van der Waals surface area contributed by atoms with Gasteiger partial charge < -0.3 is 28.2 Å². The molecule has 44 heteroatoms. The molecular weight excluding hydrogens is 1920 g/mol. The monoisotopic (exact) mass is 2040 g/mol. The second-order valence-corrected chi connectivity index (χ2v) is 40.8.